The van der Waals surface area contributed by atoms with E-state index in [1.165, 1.54) is 4.57 Å². The number of aromatic nitrogens is 4. The summed E-state index contributed by atoms with van der Waals surface area (Å²) in [6.45, 7) is 1.34. The fourth-order valence-corrected chi connectivity index (χ4v) is 3.05. The predicted octanol–water partition coefficient (Wildman–Crippen LogP) is 1.48. The molecule has 0 radical (unpaired) electrons. The summed E-state index contributed by atoms with van der Waals surface area (Å²) in [4.78, 5) is 23.5. The van der Waals surface area contributed by atoms with Crippen LogP contribution in [0, 0.1) is 6.92 Å². The average Bonchev–Trinajstić information content (AvgIpc) is 3.20. The van der Waals surface area contributed by atoms with Crippen molar-refractivity contribution in [1.82, 2.24) is 19.5 Å². The molecule has 10 heteroatoms. The third-order valence-electron chi connectivity index (χ3n) is 4.33. The van der Waals surface area contributed by atoms with E-state index in [1.54, 1.807) is 19.1 Å². The second-order valence-corrected chi connectivity index (χ2v) is 6.26. The number of aryl methyl sites for hydroxylation is 1. The lowest BCUT2D eigenvalue weighted by atomic mass is 10.2. The highest BCUT2D eigenvalue weighted by Crippen LogP contribution is 2.34. The van der Waals surface area contributed by atoms with Crippen molar-refractivity contribution in [3.63, 3.8) is 0 Å². The highest BCUT2D eigenvalue weighted by molar-refractivity contribution is 5.73. The van der Waals surface area contributed by atoms with Crippen LogP contribution >= 0.6 is 0 Å². The van der Waals surface area contributed by atoms with Crippen molar-refractivity contribution < 1.29 is 14.9 Å². The third kappa shape index (κ3) is 3.25. The molecule has 0 amide bonds. The van der Waals surface area contributed by atoms with Gasteiger partial charge in [-0.3, -0.25) is 9.36 Å². The summed E-state index contributed by atoms with van der Waals surface area (Å²) in [6.07, 6.45) is -2.05. The van der Waals surface area contributed by atoms with Gasteiger partial charge in [0.15, 0.2) is 11.2 Å². The number of H-pyrrole nitrogens is 1. The van der Waals surface area contributed by atoms with Crippen molar-refractivity contribution in [2.75, 3.05) is 6.61 Å². The molecule has 1 aliphatic rings. The molecule has 1 aromatic carbocycles. The SMILES string of the molecule is Cc1nc2c(nc(N=Nc3ccccc3)n2[C@H]2CC(O)[C@@H](CO)O2)c(=O)[nH]1. The van der Waals surface area contributed by atoms with Crippen LogP contribution in [-0.4, -0.2) is 48.5 Å². The van der Waals surface area contributed by atoms with Gasteiger partial charge in [-0.25, -0.2) is 9.97 Å². The standard InChI is InChI=1S/C17H18N6O4/c1-9-18-15-14(16(26)19-9)20-17(22-21-10-5-3-2-4-6-10)23(15)13-7-11(25)12(8-24)27-13/h2-6,11-13,24-25H,7-8H2,1H3,(H,18,19,26)/t11?,12-,13-/m1/s1. The van der Waals surface area contributed by atoms with Crippen LogP contribution < -0.4 is 5.56 Å². The van der Waals surface area contributed by atoms with Crippen LogP contribution in [0.25, 0.3) is 11.2 Å². The van der Waals surface area contributed by atoms with Gasteiger partial charge in [0.1, 0.15) is 18.2 Å². The molecule has 3 aromatic rings. The summed E-state index contributed by atoms with van der Waals surface area (Å²) in [7, 11) is 0. The van der Waals surface area contributed by atoms with Gasteiger partial charge < -0.3 is 19.9 Å². The van der Waals surface area contributed by atoms with E-state index < -0.39 is 24.0 Å². The number of aromatic amines is 1. The zero-order valence-corrected chi connectivity index (χ0v) is 14.5. The monoisotopic (exact) mass is 370 g/mol. The number of hydrogen-bond acceptors (Lipinski definition) is 8. The molecule has 140 valence electrons. The average molecular weight is 370 g/mol. The molecule has 0 bridgehead atoms. The Bertz CT molecular complexity index is 1040. The first-order valence-electron chi connectivity index (χ1n) is 8.47. The Balaban J connectivity index is 1.84. The molecule has 4 rings (SSSR count). The first-order valence-corrected chi connectivity index (χ1v) is 8.47. The van der Waals surface area contributed by atoms with Gasteiger partial charge >= 0.3 is 0 Å². The molecule has 1 aliphatic heterocycles. The summed E-state index contributed by atoms with van der Waals surface area (Å²) < 4.78 is 7.25. The number of azo groups is 1. The molecule has 3 N–H and O–H groups in total. The Labute approximate surface area is 153 Å². The summed E-state index contributed by atoms with van der Waals surface area (Å²) in [5.74, 6) is 0.547. The molecule has 1 unspecified atom stereocenters. The van der Waals surface area contributed by atoms with Crippen LogP contribution in [0.15, 0.2) is 45.4 Å². The van der Waals surface area contributed by atoms with E-state index >= 15 is 0 Å². The van der Waals surface area contributed by atoms with Crippen LogP contribution in [0.1, 0.15) is 18.5 Å². The number of benzene rings is 1. The molecular formula is C17H18N6O4. The first-order chi connectivity index (χ1) is 13.1. The van der Waals surface area contributed by atoms with E-state index in [0.717, 1.165) is 0 Å². The first kappa shape index (κ1) is 17.5. The minimum atomic E-state index is -0.848. The van der Waals surface area contributed by atoms with Crippen LogP contribution in [0.3, 0.4) is 0 Å². The Morgan fingerprint density at radius 2 is 2.07 bits per heavy atom. The van der Waals surface area contributed by atoms with Gasteiger partial charge in [-0.05, 0) is 19.1 Å². The largest absolute Gasteiger partial charge is 0.394 e. The number of fused-ring (bicyclic) bond motifs is 1. The maximum absolute atomic E-state index is 12.3. The number of hydrogen-bond donors (Lipinski definition) is 3. The van der Waals surface area contributed by atoms with E-state index in [4.69, 9.17) is 4.74 Å². The number of imidazole rings is 1. The molecule has 0 aliphatic carbocycles. The molecule has 10 nitrogen and oxygen atoms in total. The summed E-state index contributed by atoms with van der Waals surface area (Å²) in [6, 6.07) is 9.08. The number of aliphatic hydroxyl groups excluding tert-OH is 2. The van der Waals surface area contributed by atoms with Crippen LogP contribution in [0.2, 0.25) is 0 Å². The summed E-state index contributed by atoms with van der Waals surface area (Å²) in [5, 5.41) is 27.7. The van der Waals surface area contributed by atoms with Crippen molar-refractivity contribution in [2.45, 2.75) is 31.8 Å². The van der Waals surface area contributed by atoms with Gasteiger partial charge in [0.05, 0.1) is 18.4 Å². The fourth-order valence-electron chi connectivity index (χ4n) is 3.05. The molecular weight excluding hydrogens is 352 g/mol. The lowest BCUT2D eigenvalue weighted by Crippen LogP contribution is -2.24. The van der Waals surface area contributed by atoms with E-state index in [2.05, 4.69) is 25.2 Å². The maximum atomic E-state index is 12.3. The molecule has 2 aromatic heterocycles. The van der Waals surface area contributed by atoms with Crippen LogP contribution in [-0.2, 0) is 4.74 Å². The summed E-state index contributed by atoms with van der Waals surface area (Å²) in [5.41, 5.74) is 0.613. The predicted molar refractivity (Wildman–Crippen MR) is 95.1 cm³/mol. The van der Waals surface area contributed by atoms with E-state index in [0.29, 0.717) is 11.5 Å². The van der Waals surface area contributed by atoms with Crippen LogP contribution in [0.4, 0.5) is 11.6 Å². The molecule has 3 atom stereocenters. The Morgan fingerprint density at radius 1 is 1.30 bits per heavy atom. The number of rotatable bonds is 4. The second-order valence-electron chi connectivity index (χ2n) is 6.26. The van der Waals surface area contributed by atoms with Gasteiger partial charge in [-0.15, -0.1) is 10.2 Å². The number of nitrogens with one attached hydrogen (secondary N) is 1. The highest BCUT2D eigenvalue weighted by Gasteiger charge is 2.37. The normalized spacial score (nSPS) is 22.9. The van der Waals surface area contributed by atoms with Gasteiger partial charge in [-0.1, -0.05) is 18.2 Å². The van der Waals surface area contributed by atoms with Crippen LogP contribution in [0.5, 0.6) is 0 Å². The quantitative estimate of drug-likeness (QED) is 0.595. The van der Waals surface area contributed by atoms with E-state index in [9.17, 15) is 15.0 Å². The molecule has 27 heavy (non-hydrogen) atoms. The Hall–Kier alpha value is -2.95. The number of ether oxygens (including phenoxy) is 1. The van der Waals surface area contributed by atoms with E-state index in [1.807, 2.05) is 18.2 Å². The van der Waals surface area contributed by atoms with Gasteiger partial charge in [0, 0.05) is 6.42 Å². The number of nitrogens with zero attached hydrogens (tertiary/aromatic N) is 5. The Kier molecular flexibility index (Phi) is 4.52. The van der Waals surface area contributed by atoms with Crippen molar-refractivity contribution in [2.24, 2.45) is 10.2 Å². The van der Waals surface area contributed by atoms with Crippen molar-refractivity contribution in [3.05, 3.63) is 46.5 Å². The second kappa shape index (κ2) is 6.99. The van der Waals surface area contributed by atoms with Gasteiger partial charge in [-0.2, -0.15) is 0 Å². The molecule has 0 saturated carbocycles. The molecule has 0 spiro atoms. The minimum Gasteiger partial charge on any atom is -0.394 e. The minimum absolute atomic E-state index is 0.105. The lowest BCUT2D eigenvalue weighted by molar-refractivity contribution is -0.0426. The Morgan fingerprint density at radius 3 is 2.78 bits per heavy atom. The highest BCUT2D eigenvalue weighted by atomic mass is 16.5. The smallest absolute Gasteiger partial charge is 0.279 e. The van der Waals surface area contributed by atoms with Gasteiger partial charge in [0.25, 0.3) is 11.5 Å². The van der Waals surface area contributed by atoms with Crippen molar-refractivity contribution >= 4 is 22.8 Å². The molecule has 1 fully saturated rings. The maximum Gasteiger partial charge on any atom is 0.279 e. The van der Waals surface area contributed by atoms with Crippen molar-refractivity contribution in [3.8, 4) is 0 Å². The topological polar surface area (TPSA) is 138 Å². The zero-order chi connectivity index (χ0) is 19.0. The molecule has 3 heterocycles. The fraction of sp³-hybridized carbons (Fsp3) is 0.353. The van der Waals surface area contributed by atoms with Gasteiger partial charge in [0.2, 0.25) is 0 Å². The summed E-state index contributed by atoms with van der Waals surface area (Å²) >= 11 is 0. The third-order valence-corrected chi connectivity index (χ3v) is 4.33. The van der Waals surface area contributed by atoms with Crippen molar-refractivity contribution in [1.29, 1.82) is 0 Å². The molecule has 1 saturated heterocycles. The number of aliphatic hydroxyl groups is 2. The lowest BCUT2D eigenvalue weighted by Gasteiger charge is -2.14. The van der Waals surface area contributed by atoms with E-state index in [-0.39, 0.29) is 30.1 Å². The zero-order valence-electron chi connectivity index (χ0n) is 14.5.